The van der Waals surface area contributed by atoms with Gasteiger partial charge >= 0.3 is 6.18 Å². The molecule has 0 aromatic carbocycles. The lowest BCUT2D eigenvalue weighted by molar-refractivity contribution is -0.142. The molecule has 1 aliphatic carbocycles. The van der Waals surface area contributed by atoms with E-state index >= 15 is 0 Å². The summed E-state index contributed by atoms with van der Waals surface area (Å²) in [7, 11) is 0. The molecule has 0 bridgehead atoms. The van der Waals surface area contributed by atoms with Crippen LogP contribution in [0.1, 0.15) is 68.3 Å². The van der Waals surface area contributed by atoms with Gasteiger partial charge in [0.15, 0.2) is 0 Å². The van der Waals surface area contributed by atoms with Crippen LogP contribution in [-0.2, 0) is 12.6 Å². The Morgan fingerprint density at radius 3 is 2.67 bits per heavy atom. The van der Waals surface area contributed by atoms with E-state index in [2.05, 4.69) is 23.8 Å². The Labute approximate surface area is 157 Å². The number of hydrogen-bond acceptors (Lipinski definition) is 2. The minimum absolute atomic E-state index is 0.275. The number of halogens is 3. The third kappa shape index (κ3) is 3.91. The molecular weight excluding hydrogens is 351 g/mol. The molecule has 2 atom stereocenters. The highest BCUT2D eigenvalue weighted by atomic mass is 19.4. The first-order chi connectivity index (χ1) is 12.8. The molecule has 1 N–H and O–H groups in total. The lowest BCUT2D eigenvalue weighted by atomic mass is 9.83. The summed E-state index contributed by atoms with van der Waals surface area (Å²) in [4.78, 5) is 4.52. The molecule has 3 heterocycles. The molecule has 1 aliphatic heterocycles. The fourth-order valence-corrected chi connectivity index (χ4v) is 4.34. The lowest BCUT2D eigenvalue weighted by Gasteiger charge is -2.30. The minimum atomic E-state index is -4.39. The lowest BCUT2D eigenvalue weighted by Crippen LogP contribution is -2.41. The van der Waals surface area contributed by atoms with Crippen LogP contribution in [0.4, 0.5) is 13.2 Å². The van der Waals surface area contributed by atoms with E-state index in [-0.39, 0.29) is 6.04 Å². The highest BCUT2D eigenvalue weighted by molar-refractivity contribution is 5.47. The molecule has 27 heavy (non-hydrogen) atoms. The molecule has 3 nitrogen and oxygen atoms in total. The summed E-state index contributed by atoms with van der Waals surface area (Å²) in [6.07, 6.45) is 3.63. The van der Waals surface area contributed by atoms with E-state index in [4.69, 9.17) is 0 Å². The van der Waals surface area contributed by atoms with Crippen LogP contribution in [0, 0.1) is 0 Å². The van der Waals surface area contributed by atoms with Crippen molar-refractivity contribution >= 4 is 5.65 Å². The predicted octanol–water partition coefficient (Wildman–Crippen LogP) is 5.25. The van der Waals surface area contributed by atoms with Gasteiger partial charge in [0.25, 0.3) is 0 Å². The molecule has 2 aromatic rings. The Kier molecular flexibility index (Phi) is 4.78. The van der Waals surface area contributed by atoms with E-state index in [0.29, 0.717) is 29.6 Å². The zero-order valence-electron chi connectivity index (χ0n) is 15.6. The first-order valence-electron chi connectivity index (χ1n) is 9.81. The summed E-state index contributed by atoms with van der Waals surface area (Å²) in [5, 5.41) is 3.53. The van der Waals surface area contributed by atoms with Crippen LogP contribution < -0.4 is 5.32 Å². The second-order valence-electron chi connectivity index (χ2n) is 8.23. The summed E-state index contributed by atoms with van der Waals surface area (Å²) in [5.74, 6) is 0.313. The van der Waals surface area contributed by atoms with Crippen molar-refractivity contribution in [3.63, 3.8) is 0 Å². The van der Waals surface area contributed by atoms with Crippen LogP contribution in [0.15, 0.2) is 30.5 Å². The molecule has 146 valence electrons. The van der Waals surface area contributed by atoms with Crippen LogP contribution >= 0.6 is 0 Å². The molecule has 1 saturated carbocycles. The topological polar surface area (TPSA) is 29.3 Å². The largest absolute Gasteiger partial charge is 0.431 e. The number of imidazole rings is 1. The van der Waals surface area contributed by atoms with Gasteiger partial charge in [-0.15, -0.1) is 0 Å². The summed E-state index contributed by atoms with van der Waals surface area (Å²) in [6, 6.07) is 3.76. The average Bonchev–Trinajstić information content (AvgIpc) is 2.91. The van der Waals surface area contributed by atoms with E-state index in [1.807, 2.05) is 6.07 Å². The van der Waals surface area contributed by atoms with Gasteiger partial charge < -0.3 is 5.32 Å². The molecule has 2 aromatic heterocycles. The fourth-order valence-electron chi connectivity index (χ4n) is 4.34. The molecule has 2 fully saturated rings. The average molecular weight is 377 g/mol. The second kappa shape index (κ2) is 6.97. The number of hydrogen-bond donors (Lipinski definition) is 1. The van der Waals surface area contributed by atoms with E-state index in [1.165, 1.54) is 16.0 Å². The van der Waals surface area contributed by atoms with Gasteiger partial charge in [-0.2, -0.15) is 13.2 Å². The molecular formula is C21H26F3N3. The zero-order chi connectivity index (χ0) is 19.2. The first-order valence-corrected chi connectivity index (χ1v) is 9.81. The van der Waals surface area contributed by atoms with Gasteiger partial charge in [-0.1, -0.05) is 18.6 Å². The van der Waals surface area contributed by atoms with Gasteiger partial charge in [-0.05, 0) is 63.1 Å². The van der Waals surface area contributed by atoms with Crippen molar-refractivity contribution in [3.8, 4) is 0 Å². The van der Waals surface area contributed by atoms with Gasteiger partial charge in [0.2, 0.25) is 0 Å². The maximum atomic E-state index is 13.6. The smallest absolute Gasteiger partial charge is 0.311 e. The Morgan fingerprint density at radius 2 is 2.04 bits per heavy atom. The van der Waals surface area contributed by atoms with Crippen molar-refractivity contribution in [1.82, 2.24) is 14.7 Å². The molecule has 2 aliphatic rings. The van der Waals surface area contributed by atoms with E-state index in [0.717, 1.165) is 44.2 Å². The molecule has 2 unspecified atom stereocenters. The number of aromatic nitrogens is 2. The molecule has 0 spiro atoms. The SMILES string of the molecule is C=C1CC(C)NC(CCc2cc(C(F)(F)F)n3cc(C4CCC4)nc3c2)C1. The van der Waals surface area contributed by atoms with Crippen LogP contribution in [-0.4, -0.2) is 21.5 Å². The number of piperidine rings is 1. The van der Waals surface area contributed by atoms with Crippen LogP contribution in [0.3, 0.4) is 0 Å². The van der Waals surface area contributed by atoms with Crippen molar-refractivity contribution in [2.45, 2.75) is 76.0 Å². The standard InChI is InChI=1S/C21H26F3N3/c1-13-8-14(2)25-17(9-13)7-6-15-10-19(21(22,23)24)27-12-18(16-4-3-5-16)26-20(27)11-15/h10-12,14,16-17,25H,1,3-9H2,2H3. The quantitative estimate of drug-likeness (QED) is 0.738. The number of fused-ring (bicyclic) bond motifs is 1. The van der Waals surface area contributed by atoms with Crippen molar-refractivity contribution in [2.75, 3.05) is 0 Å². The minimum Gasteiger partial charge on any atom is -0.311 e. The number of nitrogens with one attached hydrogen (secondary N) is 1. The molecule has 6 heteroatoms. The Bertz CT molecular complexity index is 848. The van der Waals surface area contributed by atoms with Gasteiger partial charge in [0, 0.05) is 24.2 Å². The maximum absolute atomic E-state index is 13.6. The summed E-state index contributed by atoms with van der Waals surface area (Å²) >= 11 is 0. The Balaban J connectivity index is 1.59. The summed E-state index contributed by atoms with van der Waals surface area (Å²) in [6.45, 7) is 6.21. The van der Waals surface area contributed by atoms with Crippen molar-refractivity contribution in [3.05, 3.63) is 47.4 Å². The highest BCUT2D eigenvalue weighted by Gasteiger charge is 2.35. The molecule has 0 amide bonds. The van der Waals surface area contributed by atoms with Gasteiger partial charge in [-0.3, -0.25) is 4.40 Å². The third-order valence-corrected chi connectivity index (χ3v) is 5.89. The molecule has 4 rings (SSSR count). The first kappa shape index (κ1) is 18.5. The van der Waals surface area contributed by atoms with Crippen molar-refractivity contribution < 1.29 is 13.2 Å². The monoisotopic (exact) mass is 377 g/mol. The van der Waals surface area contributed by atoms with Crippen LogP contribution in [0.2, 0.25) is 0 Å². The van der Waals surface area contributed by atoms with E-state index < -0.39 is 11.9 Å². The highest BCUT2D eigenvalue weighted by Crippen LogP contribution is 2.37. The van der Waals surface area contributed by atoms with Gasteiger partial charge in [-0.25, -0.2) is 4.98 Å². The van der Waals surface area contributed by atoms with E-state index in [9.17, 15) is 13.2 Å². The summed E-state index contributed by atoms with van der Waals surface area (Å²) < 4.78 is 42.1. The van der Waals surface area contributed by atoms with E-state index in [1.54, 1.807) is 6.20 Å². The maximum Gasteiger partial charge on any atom is 0.431 e. The van der Waals surface area contributed by atoms with Crippen molar-refractivity contribution in [1.29, 1.82) is 0 Å². The normalized spacial score (nSPS) is 24.4. The number of aryl methyl sites for hydroxylation is 1. The predicted molar refractivity (Wildman–Crippen MR) is 99.9 cm³/mol. The van der Waals surface area contributed by atoms with Crippen LogP contribution in [0.25, 0.3) is 5.65 Å². The molecule has 0 radical (unpaired) electrons. The second-order valence-corrected chi connectivity index (χ2v) is 8.23. The summed E-state index contributed by atoms with van der Waals surface area (Å²) in [5.41, 5.74) is 2.50. The molecule has 1 saturated heterocycles. The van der Waals surface area contributed by atoms with Crippen LogP contribution in [0.5, 0.6) is 0 Å². The number of alkyl halides is 3. The number of rotatable bonds is 4. The Morgan fingerprint density at radius 1 is 1.26 bits per heavy atom. The van der Waals surface area contributed by atoms with Gasteiger partial charge in [0.1, 0.15) is 11.3 Å². The van der Waals surface area contributed by atoms with Crippen molar-refractivity contribution in [2.24, 2.45) is 0 Å². The fraction of sp³-hybridized carbons (Fsp3) is 0.571. The number of pyridine rings is 1. The van der Waals surface area contributed by atoms with Gasteiger partial charge in [0.05, 0.1) is 5.69 Å². The zero-order valence-corrected chi connectivity index (χ0v) is 15.6. The number of nitrogens with zero attached hydrogens (tertiary/aromatic N) is 2. The Hall–Kier alpha value is -1.82. The third-order valence-electron chi connectivity index (χ3n) is 5.89.